The van der Waals surface area contributed by atoms with Crippen molar-refractivity contribution in [3.63, 3.8) is 0 Å². The van der Waals surface area contributed by atoms with Crippen molar-refractivity contribution in [3.8, 4) is 5.75 Å². The Morgan fingerprint density at radius 2 is 1.70 bits per heavy atom. The zero-order chi connectivity index (χ0) is 14.8. The molecule has 1 aromatic carbocycles. The normalized spacial score (nSPS) is 16.4. The lowest BCUT2D eigenvalue weighted by Gasteiger charge is -2.21. The summed E-state index contributed by atoms with van der Waals surface area (Å²) in [5.41, 5.74) is 0.592. The first-order valence-corrected chi connectivity index (χ1v) is 6.57. The molecule has 0 radical (unpaired) electrons. The maximum Gasteiger partial charge on any atom is 0.299 e. The van der Waals surface area contributed by atoms with Crippen LogP contribution in [-0.4, -0.2) is 38.2 Å². The van der Waals surface area contributed by atoms with E-state index in [9.17, 15) is 9.59 Å². The number of carbonyl (C=O) groups excluding carboxylic acids is 2. The summed E-state index contributed by atoms with van der Waals surface area (Å²) in [6.45, 7) is 2.65. The van der Waals surface area contributed by atoms with Crippen LogP contribution in [0.25, 0.3) is 0 Å². The first kappa shape index (κ1) is 14.7. The molecule has 108 valence electrons. The van der Waals surface area contributed by atoms with Gasteiger partial charge in [-0.3, -0.25) is 9.59 Å². The molecule has 20 heavy (non-hydrogen) atoms. The second-order valence-corrected chi connectivity index (χ2v) is 4.59. The van der Waals surface area contributed by atoms with Crippen LogP contribution in [0.5, 0.6) is 5.75 Å². The first-order valence-electron chi connectivity index (χ1n) is 6.57. The van der Waals surface area contributed by atoms with Gasteiger partial charge in [-0.05, 0) is 24.6 Å². The highest BCUT2D eigenvalue weighted by Gasteiger charge is 2.54. The minimum Gasteiger partial charge on any atom is -0.494 e. The molecule has 0 atom stereocenters. The number of carbonyl (C=O) groups is 2. The molecule has 5 heteroatoms. The molecule has 0 aromatic heterocycles. The van der Waals surface area contributed by atoms with Crippen LogP contribution >= 0.6 is 0 Å². The van der Waals surface area contributed by atoms with E-state index in [1.54, 1.807) is 18.2 Å². The molecule has 0 unspecified atom stereocenters. The van der Waals surface area contributed by atoms with E-state index in [4.69, 9.17) is 14.2 Å². The molecule has 0 saturated heterocycles. The highest BCUT2D eigenvalue weighted by atomic mass is 16.7. The van der Waals surface area contributed by atoms with E-state index in [2.05, 4.69) is 6.92 Å². The second kappa shape index (κ2) is 5.73. The van der Waals surface area contributed by atoms with E-state index >= 15 is 0 Å². The summed E-state index contributed by atoms with van der Waals surface area (Å²) in [6.07, 6.45) is 1.96. The van der Waals surface area contributed by atoms with Crippen molar-refractivity contribution in [2.24, 2.45) is 0 Å². The molecule has 0 bridgehead atoms. The molecular weight excluding hydrogens is 260 g/mol. The van der Waals surface area contributed by atoms with Gasteiger partial charge < -0.3 is 14.2 Å². The smallest absolute Gasteiger partial charge is 0.299 e. The van der Waals surface area contributed by atoms with Gasteiger partial charge in [0.15, 0.2) is 0 Å². The lowest BCUT2D eigenvalue weighted by atomic mass is 10.1. The van der Waals surface area contributed by atoms with Crippen molar-refractivity contribution in [1.82, 2.24) is 0 Å². The van der Waals surface area contributed by atoms with Crippen LogP contribution in [0.2, 0.25) is 0 Å². The summed E-state index contributed by atoms with van der Waals surface area (Å²) < 4.78 is 15.6. The van der Waals surface area contributed by atoms with Gasteiger partial charge in [0.2, 0.25) is 11.6 Å². The number of rotatable bonds is 6. The Hall–Kier alpha value is -1.72. The fourth-order valence-electron chi connectivity index (χ4n) is 2.25. The average Bonchev–Trinajstić information content (AvgIpc) is 2.68. The van der Waals surface area contributed by atoms with Crippen LogP contribution in [0.15, 0.2) is 18.2 Å². The molecule has 0 saturated carbocycles. The van der Waals surface area contributed by atoms with Gasteiger partial charge in [-0.25, -0.2) is 0 Å². The van der Waals surface area contributed by atoms with Crippen LogP contribution in [0.4, 0.5) is 0 Å². The molecule has 0 heterocycles. The third-order valence-electron chi connectivity index (χ3n) is 3.42. The maximum absolute atomic E-state index is 12.3. The summed E-state index contributed by atoms with van der Waals surface area (Å²) in [4.78, 5) is 24.6. The Kier molecular flexibility index (Phi) is 4.20. The number of methoxy groups -OCH3 is 2. The van der Waals surface area contributed by atoms with Crippen molar-refractivity contribution in [2.45, 2.75) is 25.6 Å². The molecule has 1 aliphatic rings. The molecule has 2 rings (SSSR count). The molecule has 0 N–H and O–H groups in total. The maximum atomic E-state index is 12.3. The van der Waals surface area contributed by atoms with Crippen molar-refractivity contribution >= 4 is 11.6 Å². The lowest BCUT2D eigenvalue weighted by molar-refractivity contribution is -0.133. The second-order valence-electron chi connectivity index (χ2n) is 4.59. The van der Waals surface area contributed by atoms with E-state index in [-0.39, 0.29) is 5.56 Å². The van der Waals surface area contributed by atoms with E-state index in [1.807, 2.05) is 0 Å². The van der Waals surface area contributed by atoms with Gasteiger partial charge in [0, 0.05) is 25.3 Å². The summed E-state index contributed by atoms with van der Waals surface area (Å²) >= 11 is 0. The first-order chi connectivity index (χ1) is 9.60. The van der Waals surface area contributed by atoms with E-state index < -0.39 is 17.4 Å². The Labute approximate surface area is 117 Å². The number of ether oxygens (including phenoxy) is 3. The zero-order valence-corrected chi connectivity index (χ0v) is 11.9. The topological polar surface area (TPSA) is 61.8 Å². The van der Waals surface area contributed by atoms with Gasteiger partial charge in [-0.15, -0.1) is 0 Å². The molecule has 0 spiro atoms. The van der Waals surface area contributed by atoms with Crippen molar-refractivity contribution in [1.29, 1.82) is 0 Å². The number of hydrogen-bond acceptors (Lipinski definition) is 5. The Morgan fingerprint density at radius 1 is 1.05 bits per heavy atom. The molecular formula is C15H18O5. The van der Waals surface area contributed by atoms with Crippen molar-refractivity contribution in [2.75, 3.05) is 20.8 Å². The quantitative estimate of drug-likeness (QED) is 0.453. The number of ketones is 2. The molecule has 1 aromatic rings. The fourth-order valence-corrected chi connectivity index (χ4v) is 2.25. The molecule has 5 nitrogen and oxygen atoms in total. The van der Waals surface area contributed by atoms with Crippen LogP contribution in [0.3, 0.4) is 0 Å². The summed E-state index contributed by atoms with van der Waals surface area (Å²) in [5.74, 6) is -2.22. The minimum atomic E-state index is -1.84. The van der Waals surface area contributed by atoms with Crippen LogP contribution in [0, 0.1) is 0 Å². The van der Waals surface area contributed by atoms with Gasteiger partial charge in [0.05, 0.1) is 6.61 Å². The number of unbranched alkanes of at least 4 members (excludes halogenated alkanes) is 1. The highest BCUT2D eigenvalue weighted by molar-refractivity contribution is 6.31. The van der Waals surface area contributed by atoms with E-state index in [0.29, 0.717) is 17.9 Å². The van der Waals surface area contributed by atoms with Gasteiger partial charge in [-0.1, -0.05) is 13.3 Å². The van der Waals surface area contributed by atoms with Gasteiger partial charge in [0.25, 0.3) is 5.79 Å². The van der Waals surface area contributed by atoms with Gasteiger partial charge in [-0.2, -0.15) is 0 Å². The molecule has 0 aliphatic heterocycles. The SMILES string of the molecule is CCCCOc1ccc2c(c1)C(=O)C(OC)(OC)C2=O. The third kappa shape index (κ3) is 2.13. The van der Waals surface area contributed by atoms with Gasteiger partial charge >= 0.3 is 0 Å². The monoisotopic (exact) mass is 278 g/mol. The zero-order valence-electron chi connectivity index (χ0n) is 11.9. The molecule has 1 aliphatic carbocycles. The fraction of sp³-hybridized carbons (Fsp3) is 0.467. The third-order valence-corrected chi connectivity index (χ3v) is 3.42. The number of fused-ring (bicyclic) bond motifs is 1. The largest absolute Gasteiger partial charge is 0.494 e. The van der Waals surface area contributed by atoms with E-state index in [1.165, 1.54) is 14.2 Å². The Bertz CT molecular complexity index is 531. The summed E-state index contributed by atoms with van der Waals surface area (Å²) in [5, 5.41) is 0. The Morgan fingerprint density at radius 3 is 2.30 bits per heavy atom. The molecule has 0 fully saturated rings. The van der Waals surface area contributed by atoms with Crippen LogP contribution < -0.4 is 4.74 Å². The predicted octanol–water partition coefficient (Wildman–Crippen LogP) is 2.23. The van der Waals surface area contributed by atoms with E-state index in [0.717, 1.165) is 12.8 Å². The van der Waals surface area contributed by atoms with Crippen LogP contribution in [-0.2, 0) is 9.47 Å². The molecule has 0 amide bonds. The standard InChI is InChI=1S/C15H18O5/c1-4-5-8-20-10-6-7-11-12(9-10)14(17)15(18-2,19-3)13(11)16/h6-7,9H,4-5,8H2,1-3H3. The van der Waals surface area contributed by atoms with Crippen LogP contribution in [0.1, 0.15) is 40.5 Å². The Balaban J connectivity index is 2.32. The highest BCUT2D eigenvalue weighted by Crippen LogP contribution is 2.35. The number of benzene rings is 1. The number of Topliss-reactive ketones (excluding diaryl/α,β-unsaturated/α-hetero) is 2. The minimum absolute atomic E-state index is 0.285. The summed E-state index contributed by atoms with van der Waals surface area (Å²) in [6, 6.07) is 4.84. The van der Waals surface area contributed by atoms with Crippen molar-refractivity contribution < 1.29 is 23.8 Å². The van der Waals surface area contributed by atoms with Crippen molar-refractivity contribution in [3.05, 3.63) is 29.3 Å². The average molecular weight is 278 g/mol. The predicted molar refractivity (Wildman–Crippen MR) is 72.3 cm³/mol. The lowest BCUT2D eigenvalue weighted by Crippen LogP contribution is -2.45. The number of hydrogen-bond donors (Lipinski definition) is 0. The summed E-state index contributed by atoms with van der Waals surface area (Å²) in [7, 11) is 2.56. The van der Waals surface area contributed by atoms with Gasteiger partial charge in [0.1, 0.15) is 5.75 Å².